The van der Waals surface area contributed by atoms with Gasteiger partial charge < -0.3 is 4.43 Å². The summed E-state index contributed by atoms with van der Waals surface area (Å²) in [5.41, 5.74) is 0.717. The third-order valence-electron chi connectivity index (χ3n) is 5.16. The Morgan fingerprint density at radius 2 is 1.91 bits per heavy atom. The van der Waals surface area contributed by atoms with Gasteiger partial charge in [-0.25, -0.2) is 0 Å². The molecule has 4 nitrogen and oxygen atoms in total. The third-order valence-corrected chi connectivity index (χ3v) is 10.5. The largest absolute Gasteiger partial charge is 0.414 e. The van der Waals surface area contributed by atoms with Crippen molar-refractivity contribution in [3.8, 4) is 0 Å². The van der Waals surface area contributed by atoms with Gasteiger partial charge in [0.25, 0.3) is 0 Å². The highest BCUT2D eigenvalue weighted by atomic mass is 127. The summed E-state index contributed by atoms with van der Waals surface area (Å²) in [7, 11) is -1.69. The summed E-state index contributed by atoms with van der Waals surface area (Å²) in [6.45, 7) is 11.5. The first-order chi connectivity index (χ1) is 10.2. The molecule has 0 N–H and O–H groups in total. The summed E-state index contributed by atoms with van der Waals surface area (Å²) in [5.74, 6) is 0. The van der Waals surface area contributed by atoms with Crippen LogP contribution in [0.5, 0.6) is 0 Å². The van der Waals surface area contributed by atoms with E-state index in [0.29, 0.717) is 12.1 Å². The molecule has 6 heteroatoms. The molecule has 0 saturated heterocycles. The first-order valence-corrected chi connectivity index (χ1v) is 12.0. The Bertz CT molecular complexity index is 529. The summed E-state index contributed by atoms with van der Waals surface area (Å²) in [4.78, 5) is 11.2. The van der Waals surface area contributed by atoms with Gasteiger partial charge in [0.2, 0.25) is 0 Å². The molecule has 1 heterocycles. The van der Waals surface area contributed by atoms with Crippen LogP contribution in [0.1, 0.15) is 63.0 Å². The molecule has 1 aromatic heterocycles. The Kier molecular flexibility index (Phi) is 5.54. The first-order valence-electron chi connectivity index (χ1n) is 8.01. The molecular formula is C16H27IN2O2Si. The van der Waals surface area contributed by atoms with Crippen molar-refractivity contribution in [2.24, 2.45) is 0 Å². The molecule has 0 bridgehead atoms. The molecular weight excluding hydrogens is 407 g/mol. The van der Waals surface area contributed by atoms with Crippen molar-refractivity contribution < 1.29 is 9.22 Å². The minimum absolute atomic E-state index is 0.257. The minimum Gasteiger partial charge on any atom is -0.414 e. The number of aldehydes is 1. The number of hydrogen-bond donors (Lipinski definition) is 0. The molecule has 1 aromatic rings. The maximum Gasteiger partial charge on any atom is 0.192 e. The van der Waals surface area contributed by atoms with Crippen molar-refractivity contribution in [3.63, 3.8) is 0 Å². The smallest absolute Gasteiger partial charge is 0.192 e. The molecule has 0 aromatic carbocycles. The lowest BCUT2D eigenvalue weighted by molar-refractivity contribution is 0.107. The Morgan fingerprint density at radius 3 is 2.41 bits per heavy atom. The highest BCUT2D eigenvalue weighted by Gasteiger charge is 2.40. The van der Waals surface area contributed by atoms with E-state index in [1.54, 1.807) is 6.20 Å². The van der Waals surface area contributed by atoms with E-state index in [0.717, 1.165) is 41.2 Å². The van der Waals surface area contributed by atoms with Crippen LogP contribution in [0.3, 0.4) is 0 Å². The van der Waals surface area contributed by atoms with Crippen molar-refractivity contribution in [1.82, 2.24) is 9.78 Å². The van der Waals surface area contributed by atoms with E-state index in [2.05, 4.69) is 61.6 Å². The van der Waals surface area contributed by atoms with Gasteiger partial charge in [-0.3, -0.25) is 9.48 Å². The lowest BCUT2D eigenvalue weighted by Gasteiger charge is -2.41. The van der Waals surface area contributed by atoms with E-state index >= 15 is 0 Å². The van der Waals surface area contributed by atoms with Crippen LogP contribution >= 0.6 is 22.6 Å². The first kappa shape index (κ1) is 18.1. The zero-order valence-electron chi connectivity index (χ0n) is 14.2. The molecule has 22 heavy (non-hydrogen) atoms. The second kappa shape index (κ2) is 6.73. The van der Waals surface area contributed by atoms with Gasteiger partial charge in [0.05, 0.1) is 15.8 Å². The van der Waals surface area contributed by atoms with Crippen molar-refractivity contribution in [2.45, 2.75) is 76.7 Å². The highest BCUT2D eigenvalue weighted by molar-refractivity contribution is 14.1. The monoisotopic (exact) mass is 434 g/mol. The second-order valence-electron chi connectivity index (χ2n) is 7.75. The van der Waals surface area contributed by atoms with E-state index in [9.17, 15) is 4.79 Å². The number of nitrogens with zero attached hydrogens (tertiary/aromatic N) is 2. The maximum atomic E-state index is 11.2. The van der Waals surface area contributed by atoms with E-state index < -0.39 is 8.32 Å². The van der Waals surface area contributed by atoms with Crippen LogP contribution in [0, 0.1) is 3.57 Å². The van der Waals surface area contributed by atoms with Gasteiger partial charge in [0.1, 0.15) is 5.69 Å². The van der Waals surface area contributed by atoms with Crippen LogP contribution in [0.2, 0.25) is 18.1 Å². The van der Waals surface area contributed by atoms with Gasteiger partial charge in [0.15, 0.2) is 14.6 Å². The van der Waals surface area contributed by atoms with Gasteiger partial charge in [-0.1, -0.05) is 20.8 Å². The zero-order valence-corrected chi connectivity index (χ0v) is 17.4. The van der Waals surface area contributed by atoms with Crippen LogP contribution in [0.25, 0.3) is 0 Å². The molecule has 0 amide bonds. The summed E-state index contributed by atoms with van der Waals surface area (Å²) in [6, 6.07) is 0.336. The third kappa shape index (κ3) is 3.81. The van der Waals surface area contributed by atoms with Crippen molar-refractivity contribution in [1.29, 1.82) is 0 Å². The van der Waals surface area contributed by atoms with Crippen LogP contribution in [0.15, 0.2) is 6.20 Å². The van der Waals surface area contributed by atoms with Crippen molar-refractivity contribution >= 4 is 37.2 Å². The van der Waals surface area contributed by atoms with E-state index in [1.807, 2.05) is 4.68 Å². The number of carbonyl (C=O) groups is 1. The SMILES string of the molecule is CC(C)(C)[Si](C)(C)OC1CCC(n2ncc(I)c2C=O)CC1. The van der Waals surface area contributed by atoms with Gasteiger partial charge in [-0.15, -0.1) is 0 Å². The predicted octanol–water partition coefficient (Wildman–Crippen LogP) is 4.81. The molecule has 1 fully saturated rings. The average Bonchev–Trinajstić information content (AvgIpc) is 2.79. The minimum atomic E-state index is -1.69. The van der Waals surface area contributed by atoms with Gasteiger partial charge in [-0.05, 0) is 66.4 Å². The summed E-state index contributed by atoms with van der Waals surface area (Å²) < 4.78 is 9.38. The lowest BCUT2D eigenvalue weighted by atomic mass is 9.93. The average molecular weight is 434 g/mol. The molecule has 124 valence electrons. The fourth-order valence-electron chi connectivity index (χ4n) is 2.75. The quantitative estimate of drug-likeness (QED) is 0.388. The predicted molar refractivity (Wildman–Crippen MR) is 99.9 cm³/mol. The van der Waals surface area contributed by atoms with Crippen LogP contribution in [-0.2, 0) is 4.43 Å². The Labute approximate surface area is 148 Å². The van der Waals surface area contributed by atoms with E-state index in [4.69, 9.17) is 4.43 Å². The fourth-order valence-corrected chi connectivity index (χ4v) is 4.67. The summed E-state index contributed by atoms with van der Waals surface area (Å²) in [6.07, 6.45) is 7.27. The van der Waals surface area contributed by atoms with Crippen LogP contribution < -0.4 is 0 Å². The fraction of sp³-hybridized carbons (Fsp3) is 0.750. The summed E-state index contributed by atoms with van der Waals surface area (Å²) in [5, 5.41) is 4.65. The number of hydrogen-bond acceptors (Lipinski definition) is 3. The van der Waals surface area contributed by atoms with E-state index in [-0.39, 0.29) is 5.04 Å². The van der Waals surface area contributed by atoms with E-state index in [1.165, 1.54) is 0 Å². The van der Waals surface area contributed by atoms with Gasteiger partial charge >= 0.3 is 0 Å². The molecule has 1 saturated carbocycles. The summed E-state index contributed by atoms with van der Waals surface area (Å²) >= 11 is 2.17. The standard InChI is InChI=1S/C16H27IN2O2Si/c1-16(2,3)22(4,5)21-13-8-6-12(7-9-13)19-15(11-20)14(17)10-18-19/h10-13H,6-9H2,1-5H3. The lowest BCUT2D eigenvalue weighted by Crippen LogP contribution is -2.44. The molecule has 0 atom stereocenters. The van der Waals surface area contributed by atoms with Gasteiger partial charge in [-0.2, -0.15) is 5.10 Å². The Morgan fingerprint density at radius 1 is 1.32 bits per heavy atom. The van der Waals surface area contributed by atoms with Crippen molar-refractivity contribution in [3.05, 3.63) is 15.5 Å². The zero-order chi connectivity index (χ0) is 16.5. The normalized spacial score (nSPS) is 23.5. The van der Waals surface area contributed by atoms with Crippen LogP contribution in [0.4, 0.5) is 0 Å². The molecule has 2 rings (SSSR count). The maximum absolute atomic E-state index is 11.2. The number of aromatic nitrogens is 2. The highest BCUT2D eigenvalue weighted by Crippen LogP contribution is 2.40. The molecule has 0 aliphatic heterocycles. The molecule has 0 unspecified atom stereocenters. The van der Waals surface area contributed by atoms with Crippen LogP contribution in [-0.4, -0.2) is 30.5 Å². The molecule has 0 radical (unpaired) electrons. The second-order valence-corrected chi connectivity index (χ2v) is 13.7. The van der Waals surface area contributed by atoms with Gasteiger partial charge in [0, 0.05) is 6.10 Å². The molecule has 1 aliphatic rings. The Balaban J connectivity index is 1.97. The Hall–Kier alpha value is -0.213. The van der Waals surface area contributed by atoms with Crippen molar-refractivity contribution in [2.75, 3.05) is 0 Å². The number of carbonyl (C=O) groups excluding carboxylic acids is 1. The molecule has 1 aliphatic carbocycles. The number of halogens is 1. The molecule has 0 spiro atoms. The number of rotatable bonds is 4. The topological polar surface area (TPSA) is 44.1 Å².